The topological polar surface area (TPSA) is 43.1 Å². The summed E-state index contributed by atoms with van der Waals surface area (Å²) in [6.45, 7) is 2.50. The molecule has 1 unspecified atom stereocenters. The first-order valence-electron chi connectivity index (χ1n) is 3.27. The zero-order valence-electron chi connectivity index (χ0n) is 6.73. The molecule has 0 saturated carbocycles. The Bertz CT molecular complexity index is 193. The molecule has 62 valence electrons. The van der Waals surface area contributed by atoms with Gasteiger partial charge in [0.05, 0.1) is 6.67 Å². The van der Waals surface area contributed by atoms with E-state index >= 15 is 0 Å². The fraction of sp³-hybridized carbons (Fsp3) is 0.625. The number of carbonyl (C=O) groups excluding carboxylic acids is 1. The Hall–Kier alpha value is -1.04. The maximum absolute atomic E-state index is 12.3. The van der Waals surface area contributed by atoms with Crippen molar-refractivity contribution in [3.05, 3.63) is 0 Å². The van der Waals surface area contributed by atoms with Crippen LogP contribution in [0.25, 0.3) is 0 Å². The maximum Gasteiger partial charge on any atom is 0.233 e. The fourth-order valence-electron chi connectivity index (χ4n) is 0.770. The van der Waals surface area contributed by atoms with E-state index in [-0.39, 0.29) is 0 Å². The fourth-order valence-corrected chi connectivity index (χ4v) is 0.770. The Morgan fingerprint density at radius 1 is 1.82 bits per heavy atom. The highest BCUT2D eigenvalue weighted by molar-refractivity contribution is 5.80. The minimum Gasteiger partial charge on any atom is -0.369 e. The lowest BCUT2D eigenvalue weighted by Crippen LogP contribution is -2.36. The Morgan fingerprint density at radius 3 is 2.36 bits per heavy atom. The molecule has 0 fully saturated rings. The minimum atomic E-state index is -0.847. The molecule has 0 spiro atoms. The van der Waals surface area contributed by atoms with Gasteiger partial charge < -0.3 is 5.73 Å². The van der Waals surface area contributed by atoms with Crippen LogP contribution in [0.4, 0.5) is 4.39 Å². The van der Waals surface area contributed by atoms with Gasteiger partial charge in [-0.3, -0.25) is 9.18 Å². The number of halogens is 1. The van der Waals surface area contributed by atoms with Crippen molar-refractivity contribution in [3.63, 3.8) is 0 Å². The molecule has 11 heavy (non-hydrogen) atoms. The molecule has 0 aromatic heterocycles. The normalized spacial score (nSPS) is 13.6. The first-order valence-corrected chi connectivity index (χ1v) is 3.27. The molecule has 0 aromatic carbocycles. The van der Waals surface area contributed by atoms with Crippen molar-refractivity contribution in [2.45, 2.75) is 13.8 Å². The van der Waals surface area contributed by atoms with Crippen LogP contribution in [0.5, 0.6) is 0 Å². The number of terminal acetylenes is 1. The van der Waals surface area contributed by atoms with Gasteiger partial charge in [-0.25, -0.2) is 0 Å². The highest BCUT2D eigenvalue weighted by Gasteiger charge is 2.32. The van der Waals surface area contributed by atoms with E-state index in [1.807, 2.05) is 0 Å². The highest BCUT2D eigenvalue weighted by atomic mass is 19.1. The third-order valence-corrected chi connectivity index (χ3v) is 1.58. The summed E-state index contributed by atoms with van der Waals surface area (Å²) in [6, 6.07) is 0. The Morgan fingerprint density at radius 2 is 2.27 bits per heavy atom. The van der Waals surface area contributed by atoms with Gasteiger partial charge in [-0.1, -0.05) is 19.8 Å². The summed E-state index contributed by atoms with van der Waals surface area (Å²) in [5.41, 5.74) is 4.11. The second-order valence-corrected chi connectivity index (χ2v) is 3.12. The number of amides is 1. The second kappa shape index (κ2) is 3.38. The molecule has 3 heteroatoms. The van der Waals surface area contributed by atoms with E-state index < -0.39 is 23.9 Å². The number of alkyl halides is 1. The van der Waals surface area contributed by atoms with Crippen LogP contribution < -0.4 is 5.73 Å². The summed E-state index contributed by atoms with van der Waals surface area (Å²) in [5, 5.41) is 0. The van der Waals surface area contributed by atoms with Crippen LogP contribution in [0, 0.1) is 23.7 Å². The third-order valence-electron chi connectivity index (χ3n) is 1.58. The highest BCUT2D eigenvalue weighted by Crippen LogP contribution is 2.26. The summed E-state index contributed by atoms with van der Waals surface area (Å²) >= 11 is 0. The van der Waals surface area contributed by atoms with Crippen LogP contribution in [0.15, 0.2) is 0 Å². The van der Waals surface area contributed by atoms with Gasteiger partial charge in [0.15, 0.2) is 0 Å². The smallest absolute Gasteiger partial charge is 0.233 e. The second-order valence-electron chi connectivity index (χ2n) is 3.12. The molecular formula is C8H12FNO. The van der Waals surface area contributed by atoms with E-state index in [1.165, 1.54) is 0 Å². The van der Waals surface area contributed by atoms with Crippen LogP contribution in [0.3, 0.4) is 0 Å². The summed E-state index contributed by atoms with van der Waals surface area (Å²) in [7, 11) is 0. The minimum absolute atomic E-state index is 0.643. The molecule has 1 atom stereocenters. The lowest BCUT2D eigenvalue weighted by molar-refractivity contribution is -0.123. The average Bonchev–Trinajstić information content (AvgIpc) is 1.88. The summed E-state index contributed by atoms with van der Waals surface area (Å²) < 4.78 is 12.3. The molecule has 0 aliphatic heterocycles. The summed E-state index contributed by atoms with van der Waals surface area (Å²) in [4.78, 5) is 10.6. The van der Waals surface area contributed by atoms with Gasteiger partial charge >= 0.3 is 0 Å². The number of primary amides is 1. The van der Waals surface area contributed by atoms with Gasteiger partial charge in [-0.05, 0) is 0 Å². The van der Waals surface area contributed by atoms with Crippen molar-refractivity contribution in [1.29, 1.82) is 0 Å². The number of nitrogens with two attached hydrogens (primary N) is 1. The van der Waals surface area contributed by atoms with Gasteiger partial charge in [0, 0.05) is 5.41 Å². The predicted molar refractivity (Wildman–Crippen MR) is 41.3 cm³/mol. The van der Waals surface area contributed by atoms with Crippen molar-refractivity contribution < 1.29 is 9.18 Å². The van der Waals surface area contributed by atoms with Crippen LogP contribution in [-0.4, -0.2) is 12.6 Å². The van der Waals surface area contributed by atoms with Crippen molar-refractivity contribution >= 4 is 5.91 Å². The van der Waals surface area contributed by atoms with E-state index in [0.29, 0.717) is 0 Å². The first-order chi connectivity index (χ1) is 4.95. The molecule has 2 N–H and O–H groups in total. The van der Waals surface area contributed by atoms with E-state index in [0.717, 1.165) is 0 Å². The summed E-state index contributed by atoms with van der Waals surface area (Å²) in [5.74, 6) is 0.708. The van der Waals surface area contributed by atoms with Gasteiger partial charge in [-0.15, -0.1) is 6.42 Å². The molecule has 0 radical (unpaired) electrons. The molecule has 0 rings (SSSR count). The molecule has 1 amide bonds. The number of hydrogen-bond donors (Lipinski definition) is 1. The van der Waals surface area contributed by atoms with E-state index in [9.17, 15) is 9.18 Å². The van der Waals surface area contributed by atoms with Gasteiger partial charge in [0.2, 0.25) is 5.91 Å². The van der Waals surface area contributed by atoms with Gasteiger partial charge in [-0.2, -0.15) is 0 Å². The van der Waals surface area contributed by atoms with Crippen LogP contribution in [0.1, 0.15) is 13.8 Å². The SMILES string of the molecule is C#CC(C(N)=O)C(C)(C)CF. The van der Waals surface area contributed by atoms with Crippen molar-refractivity contribution in [3.8, 4) is 12.3 Å². The van der Waals surface area contributed by atoms with Crippen molar-refractivity contribution in [2.75, 3.05) is 6.67 Å². The first kappa shape index (κ1) is 9.96. The van der Waals surface area contributed by atoms with Crippen LogP contribution in [0.2, 0.25) is 0 Å². The lowest BCUT2D eigenvalue weighted by atomic mass is 9.80. The molecule has 2 nitrogen and oxygen atoms in total. The quantitative estimate of drug-likeness (QED) is 0.602. The Labute approximate surface area is 66.0 Å². The van der Waals surface area contributed by atoms with E-state index in [4.69, 9.17) is 12.2 Å². The zero-order valence-corrected chi connectivity index (χ0v) is 6.73. The van der Waals surface area contributed by atoms with E-state index in [2.05, 4.69) is 5.92 Å². The van der Waals surface area contributed by atoms with Crippen molar-refractivity contribution in [1.82, 2.24) is 0 Å². The molecule has 0 bridgehead atoms. The Kier molecular flexibility index (Phi) is 3.06. The number of hydrogen-bond acceptors (Lipinski definition) is 1. The van der Waals surface area contributed by atoms with E-state index in [1.54, 1.807) is 13.8 Å². The third kappa shape index (κ3) is 2.23. The zero-order chi connectivity index (χ0) is 9.07. The lowest BCUT2D eigenvalue weighted by Gasteiger charge is -2.24. The largest absolute Gasteiger partial charge is 0.369 e. The standard InChI is InChI=1S/C8H12FNO/c1-4-6(7(10)11)8(2,3)5-9/h1,6H,5H2,2-3H3,(H2,10,11). The summed E-state index contributed by atoms with van der Waals surface area (Å²) in [6.07, 6.45) is 5.02. The molecular weight excluding hydrogens is 145 g/mol. The van der Waals surface area contributed by atoms with Gasteiger partial charge in [0.25, 0.3) is 0 Å². The molecule has 0 saturated heterocycles. The van der Waals surface area contributed by atoms with Crippen LogP contribution >= 0.6 is 0 Å². The van der Waals surface area contributed by atoms with Crippen molar-refractivity contribution in [2.24, 2.45) is 17.1 Å². The monoisotopic (exact) mass is 157 g/mol. The molecule has 0 aromatic rings. The average molecular weight is 157 g/mol. The predicted octanol–water partition coefficient (Wildman–Crippen LogP) is 0.717. The Balaban J connectivity index is 4.53. The molecule has 0 aliphatic carbocycles. The number of carbonyl (C=O) groups is 1. The van der Waals surface area contributed by atoms with Gasteiger partial charge in [0.1, 0.15) is 5.92 Å². The maximum atomic E-state index is 12.3. The molecule has 0 heterocycles. The molecule has 0 aliphatic rings. The number of rotatable bonds is 3. The van der Waals surface area contributed by atoms with Crippen LogP contribution in [-0.2, 0) is 4.79 Å².